The Hall–Kier alpha value is -2.45. The normalized spacial score (nSPS) is 15.2. The summed E-state index contributed by atoms with van der Waals surface area (Å²) in [6.45, 7) is 8.15. The van der Waals surface area contributed by atoms with Gasteiger partial charge in [-0.15, -0.1) is 0 Å². The number of aromatic nitrogens is 2. The zero-order valence-electron chi connectivity index (χ0n) is 16.4. The van der Waals surface area contributed by atoms with Gasteiger partial charge < -0.3 is 8.83 Å². The zero-order chi connectivity index (χ0) is 20.1. The number of hydrogen-bond donors (Lipinski definition) is 0. The van der Waals surface area contributed by atoms with E-state index in [-0.39, 0.29) is 17.4 Å². The molecule has 3 aromatic rings. The number of benzene rings is 1. The van der Waals surface area contributed by atoms with Gasteiger partial charge in [-0.25, -0.2) is 18.4 Å². The highest BCUT2D eigenvalue weighted by Gasteiger charge is 2.32. The molecule has 0 aliphatic carbocycles. The van der Waals surface area contributed by atoms with Crippen molar-refractivity contribution < 1.29 is 17.3 Å². The number of hydrogen-bond acceptors (Lipinski definition) is 6. The van der Waals surface area contributed by atoms with Crippen molar-refractivity contribution in [1.82, 2.24) is 14.3 Å². The number of oxazole rings is 2. The van der Waals surface area contributed by atoms with Gasteiger partial charge in [0, 0.05) is 31.4 Å². The summed E-state index contributed by atoms with van der Waals surface area (Å²) >= 11 is 0. The van der Waals surface area contributed by atoms with Gasteiger partial charge in [0.1, 0.15) is 5.76 Å². The fraction of sp³-hybridized carbons (Fsp3) is 0.400. The molecule has 4 rings (SSSR count). The van der Waals surface area contributed by atoms with E-state index in [0.29, 0.717) is 47.3 Å². The molecule has 0 atom stereocenters. The standard InChI is InChI=1S/C20H23N3O4S/c1-12(2)20-22-16-11-23(8-7-17(16)27-20)28(24,25)19-9-15(6-5-13(19)3)18-10-21-14(4)26-18/h5-6,9-10,12H,7-8,11H2,1-4H3. The van der Waals surface area contributed by atoms with E-state index in [1.165, 1.54) is 4.31 Å². The van der Waals surface area contributed by atoms with Crippen LogP contribution in [0.2, 0.25) is 0 Å². The second kappa shape index (κ2) is 6.86. The van der Waals surface area contributed by atoms with E-state index in [9.17, 15) is 8.42 Å². The Morgan fingerprint density at radius 3 is 2.64 bits per heavy atom. The summed E-state index contributed by atoms with van der Waals surface area (Å²) in [4.78, 5) is 8.87. The second-order valence-corrected chi connectivity index (χ2v) is 9.30. The van der Waals surface area contributed by atoms with Crippen LogP contribution in [-0.2, 0) is 23.0 Å². The maximum Gasteiger partial charge on any atom is 0.243 e. The van der Waals surface area contributed by atoms with Gasteiger partial charge >= 0.3 is 0 Å². The predicted molar refractivity (Wildman–Crippen MR) is 103 cm³/mol. The summed E-state index contributed by atoms with van der Waals surface area (Å²) in [5.41, 5.74) is 2.08. The quantitative estimate of drug-likeness (QED) is 0.660. The van der Waals surface area contributed by atoms with E-state index >= 15 is 0 Å². The summed E-state index contributed by atoms with van der Waals surface area (Å²) in [5.74, 6) is 2.70. The van der Waals surface area contributed by atoms with Crippen LogP contribution in [0, 0.1) is 13.8 Å². The first-order valence-electron chi connectivity index (χ1n) is 9.28. The molecule has 0 N–H and O–H groups in total. The van der Waals surface area contributed by atoms with Crippen LogP contribution in [0.15, 0.2) is 38.1 Å². The average Bonchev–Trinajstić information content (AvgIpc) is 3.27. The monoisotopic (exact) mass is 401 g/mol. The van der Waals surface area contributed by atoms with Crippen molar-refractivity contribution >= 4 is 10.0 Å². The first-order chi connectivity index (χ1) is 13.3. The Balaban J connectivity index is 1.68. The average molecular weight is 401 g/mol. The lowest BCUT2D eigenvalue weighted by Crippen LogP contribution is -2.36. The van der Waals surface area contributed by atoms with Gasteiger partial charge in [0.2, 0.25) is 10.0 Å². The molecule has 0 amide bonds. The number of sulfonamides is 1. The van der Waals surface area contributed by atoms with Crippen LogP contribution in [-0.4, -0.2) is 29.2 Å². The Morgan fingerprint density at radius 1 is 1.18 bits per heavy atom. The van der Waals surface area contributed by atoms with Gasteiger partial charge in [-0.3, -0.25) is 0 Å². The fourth-order valence-electron chi connectivity index (χ4n) is 3.31. The molecule has 0 saturated carbocycles. The third-order valence-electron chi connectivity index (χ3n) is 4.91. The Kier molecular flexibility index (Phi) is 4.63. The van der Waals surface area contributed by atoms with Crippen molar-refractivity contribution in [3.8, 4) is 11.3 Å². The molecular weight excluding hydrogens is 378 g/mol. The third-order valence-corrected chi connectivity index (χ3v) is 6.90. The molecule has 0 fully saturated rings. The van der Waals surface area contributed by atoms with Gasteiger partial charge in [0.05, 0.1) is 23.3 Å². The van der Waals surface area contributed by atoms with Crippen LogP contribution in [0.4, 0.5) is 0 Å². The van der Waals surface area contributed by atoms with Gasteiger partial charge in [0.15, 0.2) is 17.5 Å². The molecule has 1 aliphatic rings. The van der Waals surface area contributed by atoms with Gasteiger partial charge in [0.25, 0.3) is 0 Å². The molecule has 7 nitrogen and oxygen atoms in total. The number of nitrogens with zero attached hydrogens (tertiary/aromatic N) is 3. The van der Waals surface area contributed by atoms with Crippen molar-refractivity contribution in [3.63, 3.8) is 0 Å². The van der Waals surface area contributed by atoms with E-state index in [2.05, 4.69) is 9.97 Å². The van der Waals surface area contributed by atoms with Crippen LogP contribution >= 0.6 is 0 Å². The van der Waals surface area contributed by atoms with Crippen molar-refractivity contribution in [2.24, 2.45) is 0 Å². The van der Waals surface area contributed by atoms with E-state index < -0.39 is 10.0 Å². The highest BCUT2D eigenvalue weighted by Crippen LogP contribution is 2.31. The molecule has 0 saturated heterocycles. The highest BCUT2D eigenvalue weighted by atomic mass is 32.2. The molecule has 28 heavy (non-hydrogen) atoms. The summed E-state index contributed by atoms with van der Waals surface area (Å²) < 4.78 is 39.5. The molecule has 148 valence electrons. The molecular formula is C20H23N3O4S. The number of rotatable bonds is 4. The summed E-state index contributed by atoms with van der Waals surface area (Å²) in [6, 6.07) is 5.29. The molecule has 0 unspecified atom stereocenters. The van der Waals surface area contributed by atoms with Crippen molar-refractivity contribution in [1.29, 1.82) is 0 Å². The van der Waals surface area contributed by atoms with Crippen LogP contribution < -0.4 is 0 Å². The van der Waals surface area contributed by atoms with Crippen molar-refractivity contribution in [2.75, 3.05) is 6.54 Å². The molecule has 1 aliphatic heterocycles. The molecule has 0 radical (unpaired) electrons. The molecule has 0 spiro atoms. The fourth-order valence-corrected chi connectivity index (χ4v) is 4.96. The van der Waals surface area contributed by atoms with E-state index in [0.717, 1.165) is 5.76 Å². The largest absolute Gasteiger partial charge is 0.445 e. The minimum absolute atomic E-state index is 0.167. The summed E-state index contributed by atoms with van der Waals surface area (Å²) in [6.07, 6.45) is 2.13. The summed E-state index contributed by atoms with van der Waals surface area (Å²) in [7, 11) is -3.68. The van der Waals surface area contributed by atoms with E-state index in [1.54, 1.807) is 32.2 Å². The molecule has 8 heteroatoms. The Labute approximate surface area is 164 Å². The SMILES string of the molecule is Cc1ncc(-c2ccc(C)c(S(=O)(=O)N3CCc4oc(C(C)C)nc4C3)c2)o1. The topological polar surface area (TPSA) is 89.4 Å². The molecule has 0 bridgehead atoms. The third kappa shape index (κ3) is 3.27. The van der Waals surface area contributed by atoms with Crippen molar-refractivity contribution in [2.45, 2.75) is 51.5 Å². The van der Waals surface area contributed by atoms with Gasteiger partial charge in [-0.05, 0) is 18.6 Å². The molecule has 1 aromatic carbocycles. The lowest BCUT2D eigenvalue weighted by atomic mass is 10.1. The second-order valence-electron chi connectivity index (χ2n) is 7.39. The maximum atomic E-state index is 13.4. The van der Waals surface area contributed by atoms with Crippen LogP contribution in [0.25, 0.3) is 11.3 Å². The summed E-state index contributed by atoms with van der Waals surface area (Å²) in [5, 5.41) is 0. The Bertz CT molecular complexity index is 1130. The zero-order valence-corrected chi connectivity index (χ0v) is 17.2. The van der Waals surface area contributed by atoms with Crippen molar-refractivity contribution in [3.05, 3.63) is 53.2 Å². The Morgan fingerprint density at radius 2 is 1.96 bits per heavy atom. The lowest BCUT2D eigenvalue weighted by Gasteiger charge is -2.25. The van der Waals surface area contributed by atoms with Crippen LogP contribution in [0.5, 0.6) is 0 Å². The molecule has 2 aromatic heterocycles. The maximum absolute atomic E-state index is 13.4. The van der Waals surface area contributed by atoms with E-state index in [4.69, 9.17) is 8.83 Å². The minimum atomic E-state index is -3.68. The van der Waals surface area contributed by atoms with Gasteiger partial charge in [-0.2, -0.15) is 4.31 Å². The lowest BCUT2D eigenvalue weighted by molar-refractivity contribution is 0.354. The number of aryl methyl sites for hydroxylation is 2. The molecule has 3 heterocycles. The predicted octanol–water partition coefficient (Wildman–Crippen LogP) is 3.82. The van der Waals surface area contributed by atoms with E-state index in [1.807, 2.05) is 19.9 Å². The minimum Gasteiger partial charge on any atom is -0.445 e. The number of fused-ring (bicyclic) bond motifs is 1. The highest BCUT2D eigenvalue weighted by molar-refractivity contribution is 7.89. The first kappa shape index (κ1) is 18.9. The van der Waals surface area contributed by atoms with Crippen LogP contribution in [0.1, 0.15) is 48.6 Å². The first-order valence-corrected chi connectivity index (χ1v) is 10.7. The van der Waals surface area contributed by atoms with Crippen LogP contribution in [0.3, 0.4) is 0 Å². The smallest absolute Gasteiger partial charge is 0.243 e. The van der Waals surface area contributed by atoms with Gasteiger partial charge in [-0.1, -0.05) is 26.0 Å².